The molecule has 7 nitrogen and oxygen atoms in total. The fourth-order valence-electron chi connectivity index (χ4n) is 6.24. The van der Waals surface area contributed by atoms with Crippen LogP contribution in [0, 0.1) is 0 Å². The van der Waals surface area contributed by atoms with Crippen molar-refractivity contribution >= 4 is 26.7 Å². The van der Waals surface area contributed by atoms with Crippen LogP contribution in [0.25, 0.3) is 22.2 Å². The molecule has 0 saturated heterocycles. The van der Waals surface area contributed by atoms with Crippen LogP contribution in [0.15, 0.2) is 54.7 Å². The van der Waals surface area contributed by atoms with Crippen LogP contribution >= 0.6 is 0 Å². The van der Waals surface area contributed by atoms with E-state index in [9.17, 15) is 22.0 Å². The molecule has 3 aliphatic rings. The van der Waals surface area contributed by atoms with Gasteiger partial charge in [0.2, 0.25) is 0 Å². The van der Waals surface area contributed by atoms with E-state index in [1.165, 1.54) is 12.3 Å². The number of hydrogen-bond acceptors (Lipinski definition) is 6. The summed E-state index contributed by atoms with van der Waals surface area (Å²) in [4.78, 5) is 22.4. The predicted octanol–water partition coefficient (Wildman–Crippen LogP) is 5.40. The quantitative estimate of drug-likeness (QED) is 0.340. The van der Waals surface area contributed by atoms with Crippen LogP contribution in [0.4, 0.5) is 8.78 Å². The summed E-state index contributed by atoms with van der Waals surface area (Å²) < 4.78 is 57.1. The first kappa shape index (κ1) is 23.5. The summed E-state index contributed by atoms with van der Waals surface area (Å²) >= 11 is 0. The molecule has 2 aliphatic carbocycles. The van der Waals surface area contributed by atoms with Gasteiger partial charge in [0.05, 0.1) is 22.8 Å². The van der Waals surface area contributed by atoms with Crippen molar-refractivity contribution in [2.75, 3.05) is 6.26 Å². The van der Waals surface area contributed by atoms with Gasteiger partial charge in [-0.15, -0.1) is 0 Å². The summed E-state index contributed by atoms with van der Waals surface area (Å²) in [6, 6.07) is 13.8. The van der Waals surface area contributed by atoms with Crippen molar-refractivity contribution in [1.82, 2.24) is 14.5 Å². The van der Waals surface area contributed by atoms with Gasteiger partial charge in [-0.05, 0) is 49.1 Å². The van der Waals surface area contributed by atoms with Crippen molar-refractivity contribution in [3.63, 3.8) is 0 Å². The Morgan fingerprint density at radius 3 is 2.58 bits per heavy atom. The molecule has 7 rings (SSSR count). The largest absolute Gasteiger partial charge is 0.434 e. The fourth-order valence-corrected chi connectivity index (χ4v) is 7.58. The van der Waals surface area contributed by atoms with Gasteiger partial charge < -0.3 is 9.30 Å². The van der Waals surface area contributed by atoms with Crippen LogP contribution in [-0.4, -0.2) is 41.6 Å². The number of aromatic nitrogens is 3. The van der Waals surface area contributed by atoms with E-state index in [0.29, 0.717) is 36.1 Å². The van der Waals surface area contributed by atoms with Gasteiger partial charge in [0.15, 0.2) is 15.6 Å². The summed E-state index contributed by atoms with van der Waals surface area (Å²) in [6.45, 7) is -3.00. The topological polar surface area (TPSA) is 91.2 Å². The molecule has 10 heteroatoms. The van der Waals surface area contributed by atoms with Gasteiger partial charge in [-0.1, -0.05) is 24.3 Å². The Labute approximate surface area is 217 Å². The number of carbonyl (C=O) groups excluding carboxylic acids is 1. The molecule has 1 fully saturated rings. The Kier molecular flexibility index (Phi) is 4.89. The highest BCUT2D eigenvalue weighted by atomic mass is 32.2. The molecule has 1 aliphatic heterocycles. The highest BCUT2D eigenvalue weighted by Gasteiger charge is 2.54. The molecular weight excluding hydrogens is 512 g/mol. The van der Waals surface area contributed by atoms with Crippen LogP contribution in [0.2, 0.25) is 0 Å². The van der Waals surface area contributed by atoms with Crippen LogP contribution < -0.4 is 4.74 Å². The van der Waals surface area contributed by atoms with Crippen LogP contribution in [0.5, 0.6) is 5.75 Å². The number of ketones is 1. The van der Waals surface area contributed by atoms with Crippen LogP contribution in [0.3, 0.4) is 0 Å². The second kappa shape index (κ2) is 7.92. The normalized spacial score (nSPS) is 21.3. The van der Waals surface area contributed by atoms with E-state index in [0.717, 1.165) is 28.0 Å². The predicted molar refractivity (Wildman–Crippen MR) is 136 cm³/mol. The van der Waals surface area contributed by atoms with E-state index in [2.05, 4.69) is 9.55 Å². The number of imidazole rings is 1. The highest BCUT2D eigenvalue weighted by molar-refractivity contribution is 7.91. The highest BCUT2D eigenvalue weighted by Crippen LogP contribution is 2.52. The number of hydrogen-bond donors (Lipinski definition) is 0. The van der Waals surface area contributed by atoms with E-state index in [1.54, 1.807) is 24.4 Å². The van der Waals surface area contributed by atoms with E-state index in [4.69, 9.17) is 9.72 Å². The summed E-state index contributed by atoms with van der Waals surface area (Å²) in [5.41, 5.74) is 4.73. The second-order valence-electron chi connectivity index (χ2n) is 10.4. The Morgan fingerprint density at radius 1 is 1.11 bits per heavy atom. The zero-order chi connectivity index (χ0) is 26.4. The molecule has 4 aromatic rings. The van der Waals surface area contributed by atoms with Gasteiger partial charge in [0, 0.05) is 41.5 Å². The first-order chi connectivity index (χ1) is 18.2. The number of Topliss-reactive ketones (excluding diaryl/α,β-unsaturated/α-hetero) is 1. The Morgan fingerprint density at radius 2 is 1.89 bits per heavy atom. The number of ether oxygens (including phenoxy) is 1. The maximum Gasteiger partial charge on any atom is 0.387 e. The van der Waals surface area contributed by atoms with E-state index in [-0.39, 0.29) is 29.9 Å². The third-order valence-electron chi connectivity index (χ3n) is 8.23. The van der Waals surface area contributed by atoms with Gasteiger partial charge in [-0.25, -0.2) is 13.4 Å². The molecule has 0 radical (unpaired) electrons. The smallest absolute Gasteiger partial charge is 0.387 e. The Hall–Kier alpha value is -3.66. The molecule has 2 bridgehead atoms. The molecule has 3 heterocycles. The third-order valence-corrected chi connectivity index (χ3v) is 10.3. The molecule has 2 aromatic carbocycles. The van der Waals surface area contributed by atoms with Gasteiger partial charge in [0.1, 0.15) is 16.3 Å². The zero-order valence-corrected chi connectivity index (χ0v) is 21.2. The summed E-state index contributed by atoms with van der Waals surface area (Å²) in [5.74, 6) is 0.564. The second-order valence-corrected chi connectivity index (χ2v) is 12.7. The van der Waals surface area contributed by atoms with Crippen LogP contribution in [0.1, 0.15) is 65.1 Å². The van der Waals surface area contributed by atoms with E-state index < -0.39 is 21.2 Å². The number of fused-ring (bicyclic) bond motifs is 9. The lowest BCUT2D eigenvalue weighted by Gasteiger charge is -2.21. The number of pyridine rings is 1. The fraction of sp³-hybridized carbons (Fsp3) is 0.321. The minimum atomic E-state index is -3.26. The average Bonchev–Trinajstić information content (AvgIpc) is 3.56. The minimum Gasteiger partial charge on any atom is -0.434 e. The lowest BCUT2D eigenvalue weighted by molar-refractivity contribution is -0.0507. The van der Waals surface area contributed by atoms with Crippen molar-refractivity contribution < 1.29 is 26.7 Å². The average molecular weight is 536 g/mol. The number of halogens is 2. The third kappa shape index (κ3) is 3.35. The van der Waals surface area contributed by atoms with Gasteiger partial charge in [-0.3, -0.25) is 9.78 Å². The Balaban J connectivity index is 1.34. The maximum absolute atomic E-state index is 13.3. The van der Waals surface area contributed by atoms with E-state index in [1.807, 2.05) is 24.3 Å². The van der Waals surface area contributed by atoms with Crippen molar-refractivity contribution in [3.05, 3.63) is 77.4 Å². The standard InChI is InChI=1S/C28H23F2N3O4S/c1-38(35,36)28(9-10-28)24-8-6-16(14-31-24)15-5-7-19-20(11-15)33-21-12-17(26(33)32-19)13-22(34)18-3-2-4-23(25(18)21)37-27(29)30/h2-8,11,14,17,21,27H,9-10,12-13H2,1H3/t17-,21+/m0/s1. The lowest BCUT2D eigenvalue weighted by Crippen LogP contribution is -2.20. The monoisotopic (exact) mass is 535 g/mol. The van der Waals surface area contributed by atoms with Gasteiger partial charge >= 0.3 is 6.61 Å². The van der Waals surface area contributed by atoms with Gasteiger partial charge in [-0.2, -0.15) is 8.78 Å². The summed E-state index contributed by atoms with van der Waals surface area (Å²) in [5, 5.41) is 0. The molecule has 0 amide bonds. The number of sulfone groups is 1. The van der Waals surface area contributed by atoms with Crippen molar-refractivity contribution in [3.8, 4) is 16.9 Å². The molecule has 1 saturated carbocycles. The lowest BCUT2D eigenvalue weighted by atomic mass is 9.97. The van der Waals surface area contributed by atoms with Crippen LogP contribution in [-0.2, 0) is 14.6 Å². The van der Waals surface area contributed by atoms with Crippen molar-refractivity contribution in [2.24, 2.45) is 0 Å². The number of carbonyl (C=O) groups is 1. The molecular formula is C28H23F2N3O4S. The van der Waals surface area contributed by atoms with Gasteiger partial charge in [0.25, 0.3) is 0 Å². The van der Waals surface area contributed by atoms with Crippen molar-refractivity contribution in [2.45, 2.75) is 49.0 Å². The maximum atomic E-state index is 13.3. The number of benzene rings is 2. The molecule has 0 unspecified atom stereocenters. The Bertz CT molecular complexity index is 1740. The SMILES string of the molecule is CS(=O)(=O)C1(c2ccc(-c3ccc4nc5n(c4c3)[C@@H]3C[C@H]5CC(=O)c4cccc(OC(F)F)c43)cn2)CC1. The number of rotatable bonds is 5. The summed E-state index contributed by atoms with van der Waals surface area (Å²) in [7, 11) is -3.26. The van der Waals surface area contributed by atoms with E-state index >= 15 is 0 Å². The number of alkyl halides is 2. The molecule has 2 aromatic heterocycles. The first-order valence-electron chi connectivity index (χ1n) is 12.5. The zero-order valence-electron chi connectivity index (χ0n) is 20.4. The number of nitrogens with zero attached hydrogens (tertiary/aromatic N) is 3. The molecule has 2 atom stereocenters. The molecule has 0 N–H and O–H groups in total. The molecule has 194 valence electrons. The summed E-state index contributed by atoms with van der Waals surface area (Å²) in [6.07, 6.45) is 4.94. The molecule has 38 heavy (non-hydrogen) atoms. The first-order valence-corrected chi connectivity index (χ1v) is 14.3. The van der Waals surface area contributed by atoms with Crippen molar-refractivity contribution in [1.29, 1.82) is 0 Å². The molecule has 0 spiro atoms. The minimum absolute atomic E-state index is 0.0158.